The van der Waals surface area contributed by atoms with Crippen molar-refractivity contribution in [1.82, 2.24) is 19.9 Å². The Kier molecular flexibility index (Phi) is 6.02. The number of pyridine rings is 1. The second-order valence-electron chi connectivity index (χ2n) is 5.90. The van der Waals surface area contributed by atoms with Gasteiger partial charge in [0.2, 0.25) is 0 Å². The molecule has 2 aromatic rings. The zero-order chi connectivity index (χ0) is 16.7. The molecule has 0 saturated carbocycles. The molecule has 0 spiro atoms. The lowest BCUT2D eigenvalue weighted by molar-refractivity contribution is 0.0790. The Labute approximate surface area is 137 Å². The summed E-state index contributed by atoms with van der Waals surface area (Å²) in [6.07, 6.45) is 5.73. The van der Waals surface area contributed by atoms with E-state index < -0.39 is 0 Å². The molecule has 1 N–H and O–H groups in total. The molecule has 23 heavy (non-hydrogen) atoms. The lowest BCUT2D eigenvalue weighted by Crippen LogP contribution is -2.29. The SMILES string of the molecule is CC(C)CNc1cc(C(=O)N(C)CCc2ccncc2)ncn1. The van der Waals surface area contributed by atoms with Gasteiger partial charge in [0, 0.05) is 38.6 Å². The maximum atomic E-state index is 12.5. The number of aromatic nitrogens is 3. The van der Waals surface area contributed by atoms with Gasteiger partial charge in [0.25, 0.3) is 5.91 Å². The van der Waals surface area contributed by atoms with Crippen molar-refractivity contribution in [2.75, 3.05) is 25.5 Å². The number of nitrogens with zero attached hydrogens (tertiary/aromatic N) is 4. The van der Waals surface area contributed by atoms with Crippen LogP contribution < -0.4 is 5.32 Å². The summed E-state index contributed by atoms with van der Waals surface area (Å²) in [5, 5.41) is 3.21. The van der Waals surface area contributed by atoms with E-state index in [4.69, 9.17) is 0 Å². The first-order valence-electron chi connectivity index (χ1n) is 7.76. The second-order valence-corrected chi connectivity index (χ2v) is 5.90. The van der Waals surface area contributed by atoms with Crippen LogP contribution in [0.1, 0.15) is 29.9 Å². The summed E-state index contributed by atoms with van der Waals surface area (Å²) in [4.78, 5) is 26.4. The van der Waals surface area contributed by atoms with Gasteiger partial charge < -0.3 is 10.2 Å². The number of hydrogen-bond acceptors (Lipinski definition) is 5. The average Bonchev–Trinajstić information content (AvgIpc) is 2.58. The van der Waals surface area contributed by atoms with Crippen LogP contribution in [0.2, 0.25) is 0 Å². The highest BCUT2D eigenvalue weighted by Gasteiger charge is 2.14. The second kappa shape index (κ2) is 8.22. The Hall–Kier alpha value is -2.50. The maximum Gasteiger partial charge on any atom is 0.272 e. The molecule has 2 aromatic heterocycles. The highest BCUT2D eigenvalue weighted by molar-refractivity contribution is 5.92. The molecule has 2 heterocycles. The predicted octanol–water partition coefficient (Wildman–Crippen LogP) is 2.25. The molecule has 2 rings (SSSR count). The largest absolute Gasteiger partial charge is 0.370 e. The normalized spacial score (nSPS) is 10.6. The fourth-order valence-corrected chi connectivity index (χ4v) is 2.02. The molecule has 1 amide bonds. The van der Waals surface area contributed by atoms with E-state index in [1.807, 2.05) is 12.1 Å². The van der Waals surface area contributed by atoms with Gasteiger partial charge in [-0.05, 0) is 30.0 Å². The number of nitrogens with one attached hydrogen (secondary N) is 1. The fourth-order valence-electron chi connectivity index (χ4n) is 2.02. The third-order valence-corrected chi connectivity index (χ3v) is 3.41. The van der Waals surface area contributed by atoms with Gasteiger partial charge in [0.05, 0.1) is 0 Å². The van der Waals surface area contributed by atoms with Gasteiger partial charge in [-0.2, -0.15) is 0 Å². The molecule has 0 aliphatic carbocycles. The number of likely N-dealkylation sites (N-methyl/N-ethyl adjacent to an activating group) is 1. The van der Waals surface area contributed by atoms with Gasteiger partial charge in [-0.3, -0.25) is 9.78 Å². The predicted molar refractivity (Wildman–Crippen MR) is 90.3 cm³/mol. The summed E-state index contributed by atoms with van der Waals surface area (Å²) >= 11 is 0. The first-order valence-corrected chi connectivity index (χ1v) is 7.76. The van der Waals surface area contributed by atoms with Gasteiger partial charge in [0.15, 0.2) is 0 Å². The van der Waals surface area contributed by atoms with Crippen molar-refractivity contribution in [3.8, 4) is 0 Å². The van der Waals surface area contributed by atoms with Crippen molar-refractivity contribution in [1.29, 1.82) is 0 Å². The first kappa shape index (κ1) is 16.9. The van der Waals surface area contributed by atoms with Crippen molar-refractivity contribution in [3.05, 3.63) is 48.2 Å². The molecule has 0 unspecified atom stereocenters. The Morgan fingerprint density at radius 3 is 2.70 bits per heavy atom. The van der Waals surface area contributed by atoms with Crippen LogP contribution in [0.4, 0.5) is 5.82 Å². The van der Waals surface area contributed by atoms with Crippen LogP contribution in [-0.4, -0.2) is 45.9 Å². The van der Waals surface area contributed by atoms with Crippen molar-refractivity contribution in [2.45, 2.75) is 20.3 Å². The third kappa shape index (κ3) is 5.32. The molecule has 0 saturated heterocycles. The molecule has 0 bridgehead atoms. The lowest BCUT2D eigenvalue weighted by Gasteiger charge is -2.17. The minimum Gasteiger partial charge on any atom is -0.370 e. The van der Waals surface area contributed by atoms with Crippen LogP contribution in [0.25, 0.3) is 0 Å². The molecule has 0 radical (unpaired) electrons. The van der Waals surface area contributed by atoms with E-state index in [1.165, 1.54) is 6.33 Å². The number of rotatable bonds is 7. The van der Waals surface area contributed by atoms with Crippen LogP contribution in [0, 0.1) is 5.92 Å². The number of anilines is 1. The van der Waals surface area contributed by atoms with E-state index in [2.05, 4.69) is 34.1 Å². The maximum absolute atomic E-state index is 12.5. The third-order valence-electron chi connectivity index (χ3n) is 3.41. The average molecular weight is 313 g/mol. The van der Waals surface area contributed by atoms with Crippen molar-refractivity contribution in [3.63, 3.8) is 0 Å². The summed E-state index contributed by atoms with van der Waals surface area (Å²) in [7, 11) is 1.78. The van der Waals surface area contributed by atoms with E-state index in [9.17, 15) is 4.79 Å². The Balaban J connectivity index is 1.94. The molecular weight excluding hydrogens is 290 g/mol. The van der Waals surface area contributed by atoms with Gasteiger partial charge >= 0.3 is 0 Å². The summed E-state index contributed by atoms with van der Waals surface area (Å²) in [6, 6.07) is 5.61. The number of amides is 1. The lowest BCUT2D eigenvalue weighted by atomic mass is 10.2. The van der Waals surface area contributed by atoms with Gasteiger partial charge in [-0.25, -0.2) is 9.97 Å². The Bertz CT molecular complexity index is 630. The monoisotopic (exact) mass is 313 g/mol. The minimum atomic E-state index is -0.103. The number of carbonyl (C=O) groups is 1. The summed E-state index contributed by atoms with van der Waals surface area (Å²) in [5.74, 6) is 1.08. The molecule has 0 fully saturated rings. The molecule has 0 aliphatic heterocycles. The van der Waals surface area contributed by atoms with Gasteiger partial charge in [-0.1, -0.05) is 13.8 Å². The van der Waals surface area contributed by atoms with Crippen molar-refractivity contribution >= 4 is 11.7 Å². The Morgan fingerprint density at radius 1 is 1.26 bits per heavy atom. The van der Waals surface area contributed by atoms with E-state index in [0.29, 0.717) is 24.0 Å². The van der Waals surface area contributed by atoms with Crippen LogP contribution in [0.15, 0.2) is 36.9 Å². The number of carbonyl (C=O) groups excluding carboxylic acids is 1. The summed E-state index contributed by atoms with van der Waals surface area (Å²) < 4.78 is 0. The molecule has 122 valence electrons. The van der Waals surface area contributed by atoms with Crippen LogP contribution in [0.5, 0.6) is 0 Å². The molecule has 0 atom stereocenters. The molecular formula is C17H23N5O. The van der Waals surface area contributed by atoms with Crippen LogP contribution in [-0.2, 0) is 6.42 Å². The minimum absolute atomic E-state index is 0.103. The molecule has 0 aliphatic rings. The smallest absolute Gasteiger partial charge is 0.272 e. The quantitative estimate of drug-likeness (QED) is 0.849. The van der Waals surface area contributed by atoms with E-state index in [-0.39, 0.29) is 5.91 Å². The van der Waals surface area contributed by atoms with Crippen molar-refractivity contribution < 1.29 is 4.79 Å². The highest BCUT2D eigenvalue weighted by Crippen LogP contribution is 2.08. The summed E-state index contributed by atoms with van der Waals surface area (Å²) in [5.41, 5.74) is 1.56. The van der Waals surface area contributed by atoms with Crippen LogP contribution >= 0.6 is 0 Å². The van der Waals surface area contributed by atoms with Crippen molar-refractivity contribution in [2.24, 2.45) is 5.92 Å². The van der Waals surface area contributed by atoms with Gasteiger partial charge in [-0.15, -0.1) is 0 Å². The molecule has 0 aromatic carbocycles. The standard InChI is InChI=1S/C17H23N5O/c1-13(2)11-19-16-10-15(20-12-21-16)17(23)22(3)9-6-14-4-7-18-8-5-14/h4-5,7-8,10,12-13H,6,9,11H2,1-3H3,(H,19,20,21). The topological polar surface area (TPSA) is 71.0 Å². The number of hydrogen-bond donors (Lipinski definition) is 1. The van der Waals surface area contributed by atoms with E-state index in [0.717, 1.165) is 18.5 Å². The summed E-state index contributed by atoms with van der Waals surface area (Å²) in [6.45, 7) is 5.67. The van der Waals surface area contributed by atoms with E-state index in [1.54, 1.807) is 30.4 Å². The molecule has 6 heteroatoms. The van der Waals surface area contributed by atoms with Crippen LogP contribution in [0.3, 0.4) is 0 Å². The zero-order valence-electron chi connectivity index (χ0n) is 13.9. The fraction of sp³-hybridized carbons (Fsp3) is 0.412. The highest BCUT2D eigenvalue weighted by atomic mass is 16.2. The van der Waals surface area contributed by atoms with E-state index >= 15 is 0 Å². The molecule has 6 nitrogen and oxygen atoms in total. The van der Waals surface area contributed by atoms with Gasteiger partial charge in [0.1, 0.15) is 17.8 Å². The first-order chi connectivity index (χ1) is 11.1. The Morgan fingerprint density at radius 2 is 2.00 bits per heavy atom. The zero-order valence-corrected chi connectivity index (χ0v) is 13.9.